The molecule has 0 spiro atoms. The van der Waals surface area contributed by atoms with Gasteiger partial charge >= 0.3 is 0 Å². The molecule has 66 valence electrons. The summed E-state index contributed by atoms with van der Waals surface area (Å²) < 4.78 is 0. The van der Waals surface area contributed by atoms with Crippen LogP contribution < -0.4 is 0 Å². The zero-order valence-electron chi connectivity index (χ0n) is 7.27. The largest absolute Gasteiger partial charge is 0.279 e. The Labute approximate surface area is 80.8 Å². The molecule has 0 saturated carbocycles. The highest BCUT2D eigenvalue weighted by atomic mass is 16.1. The van der Waals surface area contributed by atoms with Crippen molar-refractivity contribution in [2.45, 2.75) is 0 Å². The van der Waals surface area contributed by atoms with Crippen molar-refractivity contribution in [2.24, 2.45) is 0 Å². The number of benzene rings is 1. The number of nitrogens with zero attached hydrogens (tertiary/aromatic N) is 2. The molecule has 0 amide bonds. The standard InChI is InChI=1S/C11H6N2O/c1-2-10(14)8-4-3-5-9-11(8)13-7-6-12-9/h1,3-7H. The van der Waals surface area contributed by atoms with Crippen LogP contribution in [0.2, 0.25) is 0 Å². The van der Waals surface area contributed by atoms with Crippen molar-refractivity contribution in [3.63, 3.8) is 0 Å². The van der Waals surface area contributed by atoms with Crippen LogP contribution in [-0.2, 0) is 0 Å². The number of Topliss-reactive ketones (excluding diaryl/α,β-unsaturated/α-hetero) is 1. The van der Waals surface area contributed by atoms with Crippen LogP contribution in [0, 0.1) is 12.3 Å². The maximum atomic E-state index is 11.3. The quantitative estimate of drug-likeness (QED) is 0.381. The summed E-state index contributed by atoms with van der Waals surface area (Å²) in [4.78, 5) is 19.5. The van der Waals surface area contributed by atoms with Gasteiger partial charge in [-0.15, -0.1) is 6.42 Å². The minimum absolute atomic E-state index is 0.365. The second kappa shape index (κ2) is 3.27. The van der Waals surface area contributed by atoms with Crippen molar-refractivity contribution in [3.8, 4) is 12.3 Å². The molecule has 2 aromatic rings. The SMILES string of the molecule is C#CC(=O)c1cccc2nccnc12. The summed E-state index contributed by atoms with van der Waals surface area (Å²) >= 11 is 0. The second-order valence-electron chi connectivity index (χ2n) is 2.70. The third-order valence-electron chi connectivity index (χ3n) is 1.87. The predicted octanol–water partition coefficient (Wildman–Crippen LogP) is 1.45. The second-order valence-corrected chi connectivity index (χ2v) is 2.70. The summed E-state index contributed by atoms with van der Waals surface area (Å²) in [5, 5.41) is 0. The first-order valence-corrected chi connectivity index (χ1v) is 4.03. The Morgan fingerprint density at radius 2 is 2.07 bits per heavy atom. The summed E-state index contributed by atoms with van der Waals surface area (Å²) in [6.07, 6.45) is 8.16. The highest BCUT2D eigenvalue weighted by Gasteiger charge is 2.07. The number of carbonyl (C=O) groups is 1. The first-order valence-electron chi connectivity index (χ1n) is 4.03. The minimum Gasteiger partial charge on any atom is -0.279 e. The van der Waals surface area contributed by atoms with Gasteiger partial charge in [-0.1, -0.05) is 6.07 Å². The number of terminal acetylenes is 1. The van der Waals surface area contributed by atoms with E-state index >= 15 is 0 Å². The molecule has 0 fully saturated rings. The molecule has 0 aliphatic heterocycles. The summed E-state index contributed by atoms with van der Waals surface area (Å²) in [6.45, 7) is 0. The monoisotopic (exact) mass is 182 g/mol. The Balaban J connectivity index is 2.79. The molecule has 1 aromatic heterocycles. The maximum absolute atomic E-state index is 11.3. The Bertz CT molecular complexity index is 535. The highest BCUT2D eigenvalue weighted by Crippen LogP contribution is 2.13. The fraction of sp³-hybridized carbons (Fsp3) is 0. The molecule has 0 aliphatic carbocycles. The molecule has 3 heteroatoms. The van der Waals surface area contributed by atoms with Crippen molar-refractivity contribution in [1.29, 1.82) is 0 Å². The number of para-hydroxylation sites is 1. The van der Waals surface area contributed by atoms with E-state index < -0.39 is 0 Å². The molecule has 0 atom stereocenters. The predicted molar refractivity (Wildman–Crippen MR) is 52.7 cm³/mol. The normalized spacial score (nSPS) is 9.64. The Morgan fingerprint density at radius 1 is 1.29 bits per heavy atom. The van der Waals surface area contributed by atoms with Crippen molar-refractivity contribution >= 4 is 16.8 Å². The summed E-state index contributed by atoms with van der Waals surface area (Å²) in [6, 6.07) is 5.18. The van der Waals surface area contributed by atoms with E-state index in [1.165, 1.54) is 6.20 Å². The molecule has 0 bridgehead atoms. The third-order valence-corrected chi connectivity index (χ3v) is 1.87. The lowest BCUT2D eigenvalue weighted by molar-refractivity contribution is 0.105. The van der Waals surface area contributed by atoms with Crippen molar-refractivity contribution in [3.05, 3.63) is 36.2 Å². The maximum Gasteiger partial charge on any atom is 0.237 e. The molecule has 1 aromatic carbocycles. The van der Waals surface area contributed by atoms with Crippen LogP contribution in [0.15, 0.2) is 30.6 Å². The number of hydrogen-bond donors (Lipinski definition) is 0. The van der Waals surface area contributed by atoms with Gasteiger partial charge in [0.25, 0.3) is 0 Å². The zero-order valence-corrected chi connectivity index (χ0v) is 7.27. The molecule has 3 nitrogen and oxygen atoms in total. The molecule has 1 heterocycles. The Hall–Kier alpha value is -2.21. The first kappa shape index (κ1) is 8.39. The Kier molecular flexibility index (Phi) is 1.96. The van der Waals surface area contributed by atoms with E-state index in [0.717, 1.165) is 0 Å². The molecular formula is C11H6N2O. The number of rotatable bonds is 1. The van der Waals surface area contributed by atoms with Crippen molar-refractivity contribution in [1.82, 2.24) is 9.97 Å². The number of fused-ring (bicyclic) bond motifs is 1. The summed E-state index contributed by atoms with van der Waals surface area (Å²) in [5.74, 6) is 1.70. The molecular weight excluding hydrogens is 176 g/mol. The molecule has 14 heavy (non-hydrogen) atoms. The van der Waals surface area contributed by atoms with Crippen LogP contribution in [0.1, 0.15) is 10.4 Å². The van der Waals surface area contributed by atoms with E-state index in [2.05, 4.69) is 15.9 Å². The van der Waals surface area contributed by atoms with Gasteiger partial charge in [0.2, 0.25) is 5.78 Å². The van der Waals surface area contributed by atoms with E-state index in [-0.39, 0.29) is 5.78 Å². The zero-order chi connectivity index (χ0) is 9.97. The molecule has 0 saturated heterocycles. The van der Waals surface area contributed by atoms with Gasteiger partial charge in [-0.25, -0.2) is 0 Å². The fourth-order valence-electron chi connectivity index (χ4n) is 1.25. The van der Waals surface area contributed by atoms with E-state index in [4.69, 9.17) is 6.42 Å². The smallest absolute Gasteiger partial charge is 0.237 e. The highest BCUT2D eigenvalue weighted by molar-refractivity contribution is 6.14. The topological polar surface area (TPSA) is 42.9 Å². The third kappa shape index (κ3) is 1.23. The van der Waals surface area contributed by atoms with Crippen LogP contribution in [0.5, 0.6) is 0 Å². The average Bonchev–Trinajstić information content (AvgIpc) is 2.27. The number of carbonyl (C=O) groups excluding carboxylic acids is 1. The molecule has 0 unspecified atom stereocenters. The van der Waals surface area contributed by atoms with Gasteiger partial charge in [0.15, 0.2) is 0 Å². The first-order chi connectivity index (χ1) is 6.83. The van der Waals surface area contributed by atoms with Gasteiger partial charge in [-0.3, -0.25) is 14.8 Å². The average molecular weight is 182 g/mol. The lowest BCUT2D eigenvalue weighted by atomic mass is 10.1. The lowest BCUT2D eigenvalue weighted by Gasteiger charge is -1.99. The van der Waals surface area contributed by atoms with Gasteiger partial charge in [0, 0.05) is 12.4 Å². The van der Waals surface area contributed by atoms with Gasteiger partial charge in [-0.05, 0) is 18.1 Å². The van der Waals surface area contributed by atoms with Crippen LogP contribution in [0.25, 0.3) is 11.0 Å². The van der Waals surface area contributed by atoms with E-state index in [1.807, 2.05) is 0 Å². The van der Waals surface area contributed by atoms with Crippen LogP contribution in [-0.4, -0.2) is 15.8 Å². The van der Waals surface area contributed by atoms with Crippen LogP contribution >= 0.6 is 0 Å². The van der Waals surface area contributed by atoms with Gasteiger partial charge in [-0.2, -0.15) is 0 Å². The lowest BCUT2D eigenvalue weighted by Crippen LogP contribution is -1.97. The van der Waals surface area contributed by atoms with Crippen molar-refractivity contribution in [2.75, 3.05) is 0 Å². The fourth-order valence-corrected chi connectivity index (χ4v) is 1.25. The van der Waals surface area contributed by atoms with E-state index in [1.54, 1.807) is 24.4 Å². The van der Waals surface area contributed by atoms with E-state index in [9.17, 15) is 4.79 Å². The van der Waals surface area contributed by atoms with Crippen molar-refractivity contribution < 1.29 is 4.79 Å². The molecule has 2 rings (SSSR count). The van der Waals surface area contributed by atoms with Crippen LogP contribution in [0.3, 0.4) is 0 Å². The molecule has 0 N–H and O–H groups in total. The number of hydrogen-bond acceptors (Lipinski definition) is 3. The number of aromatic nitrogens is 2. The molecule has 0 aliphatic rings. The van der Waals surface area contributed by atoms with E-state index in [0.29, 0.717) is 16.6 Å². The minimum atomic E-state index is -0.365. The summed E-state index contributed by atoms with van der Waals surface area (Å²) in [5.41, 5.74) is 1.66. The number of ketones is 1. The van der Waals surface area contributed by atoms with Gasteiger partial charge in [0.05, 0.1) is 11.1 Å². The van der Waals surface area contributed by atoms with Gasteiger partial charge in [0.1, 0.15) is 5.52 Å². The van der Waals surface area contributed by atoms with Gasteiger partial charge < -0.3 is 0 Å². The van der Waals surface area contributed by atoms with Crippen LogP contribution in [0.4, 0.5) is 0 Å². The summed E-state index contributed by atoms with van der Waals surface area (Å²) in [7, 11) is 0. The molecule has 0 radical (unpaired) electrons. The Morgan fingerprint density at radius 3 is 2.86 bits per heavy atom.